The number of carbonyl (C=O) groups excluding carboxylic acids is 1. The Bertz CT molecular complexity index is 696. The second-order valence-corrected chi connectivity index (χ2v) is 4.61. The third-order valence-corrected chi connectivity index (χ3v) is 3.21. The van der Waals surface area contributed by atoms with E-state index in [9.17, 15) is 4.79 Å². The van der Waals surface area contributed by atoms with Crippen LogP contribution in [0.25, 0.3) is 0 Å². The first kappa shape index (κ1) is 14.3. The van der Waals surface area contributed by atoms with Gasteiger partial charge in [0.25, 0.3) is 0 Å². The molecule has 1 aromatic carbocycles. The van der Waals surface area contributed by atoms with Crippen LogP contribution in [0.15, 0.2) is 36.5 Å². The van der Waals surface area contributed by atoms with Crippen LogP contribution in [0, 0.1) is 11.3 Å². The number of hydrogen-bond acceptors (Lipinski definition) is 4. The zero-order valence-corrected chi connectivity index (χ0v) is 11.6. The number of nitrogens with zero attached hydrogens (tertiary/aromatic N) is 2. The van der Waals surface area contributed by atoms with Crippen LogP contribution in [-0.2, 0) is 11.3 Å². The van der Waals surface area contributed by atoms with E-state index >= 15 is 0 Å². The minimum atomic E-state index is -0.580. The van der Waals surface area contributed by atoms with Gasteiger partial charge in [-0.05, 0) is 12.1 Å². The molecular formula is C14H8Cl2N2O2. The average molecular weight is 307 g/mol. The number of nitriles is 1. The van der Waals surface area contributed by atoms with Crippen molar-refractivity contribution >= 4 is 29.2 Å². The van der Waals surface area contributed by atoms with Gasteiger partial charge >= 0.3 is 5.97 Å². The van der Waals surface area contributed by atoms with Crippen LogP contribution >= 0.6 is 23.2 Å². The molecule has 0 unspecified atom stereocenters. The molecular weight excluding hydrogens is 299 g/mol. The smallest absolute Gasteiger partial charge is 0.340 e. The fourth-order valence-corrected chi connectivity index (χ4v) is 1.78. The highest BCUT2D eigenvalue weighted by molar-refractivity contribution is 6.41. The van der Waals surface area contributed by atoms with Crippen LogP contribution in [-0.4, -0.2) is 11.0 Å². The fourth-order valence-electron chi connectivity index (χ4n) is 1.51. The van der Waals surface area contributed by atoms with Crippen molar-refractivity contribution < 1.29 is 9.53 Å². The van der Waals surface area contributed by atoms with Crippen LogP contribution < -0.4 is 0 Å². The summed E-state index contributed by atoms with van der Waals surface area (Å²) >= 11 is 11.4. The van der Waals surface area contributed by atoms with Crippen LogP contribution in [0.1, 0.15) is 21.5 Å². The molecule has 4 nitrogen and oxygen atoms in total. The zero-order valence-electron chi connectivity index (χ0n) is 10.1. The number of hydrogen-bond donors (Lipinski definition) is 0. The molecule has 2 rings (SSSR count). The van der Waals surface area contributed by atoms with Crippen LogP contribution in [0.4, 0.5) is 0 Å². The molecule has 20 heavy (non-hydrogen) atoms. The molecule has 0 amide bonds. The molecule has 0 saturated heterocycles. The van der Waals surface area contributed by atoms with E-state index < -0.39 is 5.97 Å². The number of pyridine rings is 1. The minimum Gasteiger partial charge on any atom is -0.457 e. The van der Waals surface area contributed by atoms with E-state index in [0.29, 0.717) is 11.1 Å². The van der Waals surface area contributed by atoms with Crippen molar-refractivity contribution in [3.8, 4) is 6.07 Å². The molecule has 0 aliphatic heterocycles. The van der Waals surface area contributed by atoms with Crippen molar-refractivity contribution in [1.29, 1.82) is 5.26 Å². The summed E-state index contributed by atoms with van der Waals surface area (Å²) in [6.45, 7) is 0.00279. The van der Waals surface area contributed by atoms with Crippen molar-refractivity contribution in [2.75, 3.05) is 0 Å². The van der Waals surface area contributed by atoms with E-state index in [1.165, 1.54) is 12.3 Å². The van der Waals surface area contributed by atoms with Gasteiger partial charge in [-0.15, -0.1) is 0 Å². The summed E-state index contributed by atoms with van der Waals surface area (Å²) < 4.78 is 5.12. The zero-order chi connectivity index (χ0) is 14.5. The Morgan fingerprint density at radius 2 is 2.10 bits per heavy atom. The van der Waals surface area contributed by atoms with Gasteiger partial charge in [-0.2, -0.15) is 5.26 Å². The first-order valence-corrected chi connectivity index (χ1v) is 6.33. The summed E-state index contributed by atoms with van der Waals surface area (Å²) in [7, 11) is 0. The van der Waals surface area contributed by atoms with Gasteiger partial charge in [0.05, 0.1) is 22.2 Å². The van der Waals surface area contributed by atoms with Crippen LogP contribution in [0.3, 0.4) is 0 Å². The Morgan fingerprint density at radius 1 is 1.35 bits per heavy atom. The largest absolute Gasteiger partial charge is 0.457 e. The van der Waals surface area contributed by atoms with Gasteiger partial charge in [0, 0.05) is 11.8 Å². The molecule has 0 bridgehead atoms. The van der Waals surface area contributed by atoms with E-state index in [4.69, 9.17) is 33.2 Å². The lowest BCUT2D eigenvalue weighted by Gasteiger charge is -2.06. The topological polar surface area (TPSA) is 63.0 Å². The van der Waals surface area contributed by atoms with Gasteiger partial charge in [-0.25, -0.2) is 9.78 Å². The molecule has 0 spiro atoms. The number of esters is 1. The number of rotatable bonds is 3. The van der Waals surface area contributed by atoms with Gasteiger partial charge in [-0.3, -0.25) is 0 Å². The lowest BCUT2D eigenvalue weighted by molar-refractivity contribution is 0.0472. The van der Waals surface area contributed by atoms with Gasteiger partial charge in [0.1, 0.15) is 11.8 Å². The normalized spacial score (nSPS) is 9.85. The van der Waals surface area contributed by atoms with Crippen LogP contribution in [0.5, 0.6) is 0 Å². The van der Waals surface area contributed by atoms with Gasteiger partial charge < -0.3 is 4.74 Å². The summed E-state index contributed by atoms with van der Waals surface area (Å²) in [5.74, 6) is -0.580. The summed E-state index contributed by atoms with van der Waals surface area (Å²) in [5.41, 5.74) is 1.30. The monoisotopic (exact) mass is 306 g/mol. The van der Waals surface area contributed by atoms with Crippen molar-refractivity contribution in [2.45, 2.75) is 6.61 Å². The number of ether oxygens (including phenoxy) is 1. The Labute approximate surface area is 125 Å². The van der Waals surface area contributed by atoms with E-state index in [1.807, 2.05) is 6.07 Å². The number of carbonyl (C=O) groups is 1. The third-order valence-electron chi connectivity index (χ3n) is 2.53. The third kappa shape index (κ3) is 3.27. The maximum absolute atomic E-state index is 11.8. The second kappa shape index (κ2) is 6.38. The number of aromatic nitrogens is 1. The fraction of sp³-hybridized carbons (Fsp3) is 0.0714. The SMILES string of the molecule is N#Cc1ccccc1COC(=O)c1cnc(Cl)c(Cl)c1. The maximum Gasteiger partial charge on any atom is 0.340 e. The Kier molecular flexibility index (Phi) is 4.57. The quantitative estimate of drug-likeness (QED) is 0.642. The van der Waals surface area contributed by atoms with Gasteiger partial charge in [0.2, 0.25) is 0 Å². The molecule has 2 aromatic rings. The van der Waals surface area contributed by atoms with E-state index in [1.54, 1.807) is 24.3 Å². The second-order valence-electron chi connectivity index (χ2n) is 3.84. The molecule has 0 N–H and O–H groups in total. The molecule has 100 valence electrons. The predicted octanol–water partition coefficient (Wildman–Crippen LogP) is 3.62. The lowest BCUT2D eigenvalue weighted by atomic mass is 10.1. The summed E-state index contributed by atoms with van der Waals surface area (Å²) in [6.07, 6.45) is 1.28. The van der Waals surface area contributed by atoms with Crippen molar-refractivity contribution in [1.82, 2.24) is 4.98 Å². The van der Waals surface area contributed by atoms with E-state index in [-0.39, 0.29) is 22.3 Å². The standard InChI is InChI=1S/C14H8Cl2N2O2/c15-12-5-11(7-18-13(12)16)14(19)20-8-10-4-2-1-3-9(10)6-17/h1-5,7H,8H2. The van der Waals surface area contributed by atoms with Crippen molar-refractivity contribution in [3.63, 3.8) is 0 Å². The highest BCUT2D eigenvalue weighted by atomic mass is 35.5. The van der Waals surface area contributed by atoms with Crippen molar-refractivity contribution in [2.24, 2.45) is 0 Å². The molecule has 0 saturated carbocycles. The molecule has 0 radical (unpaired) electrons. The Balaban J connectivity index is 2.09. The highest BCUT2D eigenvalue weighted by Crippen LogP contribution is 2.20. The summed E-state index contributed by atoms with van der Waals surface area (Å²) in [6, 6.07) is 10.3. The summed E-state index contributed by atoms with van der Waals surface area (Å²) in [5, 5.41) is 9.24. The van der Waals surface area contributed by atoms with Gasteiger partial charge in [0.15, 0.2) is 0 Å². The molecule has 1 aromatic heterocycles. The molecule has 0 aliphatic rings. The average Bonchev–Trinajstić information content (AvgIpc) is 2.47. The number of benzene rings is 1. The first-order valence-electron chi connectivity index (χ1n) is 5.58. The first-order chi connectivity index (χ1) is 9.61. The minimum absolute atomic E-state index is 0.00279. The Morgan fingerprint density at radius 3 is 2.80 bits per heavy atom. The molecule has 6 heteroatoms. The van der Waals surface area contributed by atoms with Crippen molar-refractivity contribution in [3.05, 3.63) is 63.4 Å². The molecule has 0 fully saturated rings. The van der Waals surface area contributed by atoms with Gasteiger partial charge in [-0.1, -0.05) is 41.4 Å². The lowest BCUT2D eigenvalue weighted by Crippen LogP contribution is -2.06. The summed E-state index contributed by atoms with van der Waals surface area (Å²) in [4.78, 5) is 15.6. The van der Waals surface area contributed by atoms with E-state index in [0.717, 1.165) is 0 Å². The molecule has 0 aliphatic carbocycles. The number of halogens is 2. The highest BCUT2D eigenvalue weighted by Gasteiger charge is 2.11. The Hall–Kier alpha value is -2.09. The van der Waals surface area contributed by atoms with E-state index in [2.05, 4.69) is 4.98 Å². The predicted molar refractivity (Wildman–Crippen MR) is 74.5 cm³/mol. The maximum atomic E-state index is 11.8. The molecule has 0 atom stereocenters. The molecule has 1 heterocycles. The van der Waals surface area contributed by atoms with Crippen LogP contribution in [0.2, 0.25) is 10.2 Å².